The van der Waals surface area contributed by atoms with Gasteiger partial charge in [-0.05, 0) is 44.7 Å². The number of para-hydroxylation sites is 2. The van der Waals surface area contributed by atoms with Crippen LogP contribution in [-0.2, 0) is 16.1 Å². The van der Waals surface area contributed by atoms with Crippen LogP contribution in [0, 0.1) is 5.92 Å². The summed E-state index contributed by atoms with van der Waals surface area (Å²) in [6.45, 7) is 3.53. The Hall–Kier alpha value is -3.47. The van der Waals surface area contributed by atoms with Gasteiger partial charge in [0.25, 0.3) is 5.56 Å². The molecule has 2 aromatic heterocycles. The smallest absolute Gasteiger partial charge is 0.273 e. The lowest BCUT2D eigenvalue weighted by atomic mass is 9.97. The number of thiazole rings is 1. The summed E-state index contributed by atoms with van der Waals surface area (Å²) in [6.07, 6.45) is 5.22. The third kappa shape index (κ3) is 5.29. The van der Waals surface area contributed by atoms with Crippen molar-refractivity contribution in [1.82, 2.24) is 19.9 Å². The van der Waals surface area contributed by atoms with Gasteiger partial charge < -0.3 is 20.3 Å². The van der Waals surface area contributed by atoms with Gasteiger partial charge in [-0.15, -0.1) is 0 Å². The monoisotopic (exact) mass is 496 g/mol. The standard InChI is InChI=1S/C24H28N6O4S/c1-2-34-18-8-4-3-7-17(18)27-19(31)13-30-14-25-21-20(23(30)33)35-24(28-21)29-11-5-6-15(12-29)22(32)26-16-9-10-16/h3-4,7-8,14-16H,2,5-6,9-13H2,1H3,(H,26,32)(H,27,31). The lowest BCUT2D eigenvalue weighted by Crippen LogP contribution is -2.43. The molecule has 2 fully saturated rings. The van der Waals surface area contributed by atoms with Crippen LogP contribution in [0.5, 0.6) is 5.75 Å². The van der Waals surface area contributed by atoms with Gasteiger partial charge in [0.2, 0.25) is 11.8 Å². The van der Waals surface area contributed by atoms with Crippen molar-refractivity contribution in [2.75, 3.05) is 29.9 Å². The van der Waals surface area contributed by atoms with Crippen LogP contribution < -0.4 is 25.8 Å². The van der Waals surface area contributed by atoms with Crippen molar-refractivity contribution in [2.45, 2.75) is 45.2 Å². The van der Waals surface area contributed by atoms with Crippen LogP contribution >= 0.6 is 11.3 Å². The van der Waals surface area contributed by atoms with E-state index in [1.54, 1.807) is 18.2 Å². The van der Waals surface area contributed by atoms with E-state index >= 15 is 0 Å². The van der Waals surface area contributed by atoms with Crippen LogP contribution in [0.15, 0.2) is 35.4 Å². The highest BCUT2D eigenvalue weighted by Crippen LogP contribution is 2.30. The number of amides is 2. The Labute approximate surface area is 206 Å². The molecule has 1 unspecified atom stereocenters. The number of ether oxygens (including phenoxy) is 1. The van der Waals surface area contributed by atoms with Gasteiger partial charge in [0.05, 0.1) is 18.2 Å². The number of benzene rings is 1. The van der Waals surface area contributed by atoms with Crippen LogP contribution in [0.3, 0.4) is 0 Å². The number of anilines is 2. The summed E-state index contributed by atoms with van der Waals surface area (Å²) in [5.74, 6) is 0.243. The Balaban J connectivity index is 1.29. The largest absolute Gasteiger partial charge is 0.492 e. The number of piperidine rings is 1. The number of rotatable bonds is 8. The SMILES string of the molecule is CCOc1ccccc1NC(=O)Cn1cnc2nc(N3CCCC(C(=O)NC4CC4)C3)sc2c1=O. The molecule has 184 valence electrons. The highest BCUT2D eigenvalue weighted by Gasteiger charge is 2.31. The molecule has 1 saturated heterocycles. The first kappa shape index (κ1) is 23.3. The normalized spacial score (nSPS) is 17.9. The molecule has 10 nitrogen and oxygen atoms in total. The van der Waals surface area contributed by atoms with Crippen molar-refractivity contribution in [1.29, 1.82) is 0 Å². The molecule has 0 radical (unpaired) electrons. The van der Waals surface area contributed by atoms with Gasteiger partial charge >= 0.3 is 0 Å². The second-order valence-corrected chi connectivity index (χ2v) is 9.85. The summed E-state index contributed by atoms with van der Waals surface area (Å²) >= 11 is 1.26. The maximum Gasteiger partial charge on any atom is 0.273 e. The second-order valence-electron chi connectivity index (χ2n) is 8.87. The molecule has 3 heterocycles. The molecule has 5 rings (SSSR count). The van der Waals surface area contributed by atoms with Gasteiger partial charge in [0.15, 0.2) is 10.8 Å². The van der Waals surface area contributed by atoms with Gasteiger partial charge in [0, 0.05) is 19.1 Å². The van der Waals surface area contributed by atoms with E-state index in [-0.39, 0.29) is 29.8 Å². The molecule has 1 aromatic carbocycles. The summed E-state index contributed by atoms with van der Waals surface area (Å²) in [4.78, 5) is 49.2. The van der Waals surface area contributed by atoms with Crippen LogP contribution in [-0.4, -0.2) is 52.1 Å². The molecule has 35 heavy (non-hydrogen) atoms. The Bertz CT molecular complexity index is 1300. The van der Waals surface area contributed by atoms with Gasteiger partial charge in [0.1, 0.15) is 23.3 Å². The zero-order valence-corrected chi connectivity index (χ0v) is 20.3. The second kappa shape index (κ2) is 10.0. The van der Waals surface area contributed by atoms with E-state index in [0.29, 0.717) is 46.1 Å². The van der Waals surface area contributed by atoms with Gasteiger partial charge in [-0.25, -0.2) is 4.98 Å². The molecule has 2 N–H and O–H groups in total. The number of hydrogen-bond acceptors (Lipinski definition) is 8. The van der Waals surface area contributed by atoms with E-state index < -0.39 is 0 Å². The molecule has 0 spiro atoms. The minimum Gasteiger partial charge on any atom is -0.492 e. The zero-order valence-electron chi connectivity index (χ0n) is 19.5. The van der Waals surface area contributed by atoms with Crippen LogP contribution in [0.2, 0.25) is 0 Å². The molecule has 2 aliphatic rings. The van der Waals surface area contributed by atoms with Gasteiger partial charge in [-0.3, -0.25) is 19.0 Å². The first-order chi connectivity index (χ1) is 17.0. The zero-order chi connectivity index (χ0) is 24.4. The topological polar surface area (TPSA) is 118 Å². The molecule has 0 bridgehead atoms. The highest BCUT2D eigenvalue weighted by atomic mass is 32.1. The Kier molecular flexibility index (Phi) is 6.67. The summed E-state index contributed by atoms with van der Waals surface area (Å²) in [6, 6.07) is 7.50. The number of carbonyl (C=O) groups is 2. The predicted octanol–water partition coefficient (Wildman–Crippen LogP) is 2.39. The minimum absolute atomic E-state index is 0.0794. The van der Waals surface area contributed by atoms with Crippen LogP contribution in [0.1, 0.15) is 32.6 Å². The Morgan fingerprint density at radius 2 is 2.06 bits per heavy atom. The third-order valence-electron chi connectivity index (χ3n) is 6.13. The van der Waals surface area contributed by atoms with Crippen molar-refractivity contribution in [2.24, 2.45) is 5.92 Å². The molecular formula is C24H28N6O4S. The van der Waals surface area contributed by atoms with E-state index in [0.717, 1.165) is 32.2 Å². The van der Waals surface area contributed by atoms with Crippen molar-refractivity contribution in [3.63, 3.8) is 0 Å². The summed E-state index contributed by atoms with van der Waals surface area (Å²) < 4.78 is 7.22. The van der Waals surface area contributed by atoms with Crippen molar-refractivity contribution in [3.05, 3.63) is 40.9 Å². The predicted molar refractivity (Wildman–Crippen MR) is 134 cm³/mol. The van der Waals surface area contributed by atoms with Gasteiger partial charge in [-0.2, -0.15) is 4.98 Å². The highest BCUT2D eigenvalue weighted by molar-refractivity contribution is 7.22. The number of aromatic nitrogens is 3. The number of carbonyl (C=O) groups excluding carboxylic acids is 2. The summed E-state index contributed by atoms with van der Waals surface area (Å²) in [7, 11) is 0. The van der Waals surface area contributed by atoms with Crippen molar-refractivity contribution >= 4 is 44.3 Å². The van der Waals surface area contributed by atoms with Crippen molar-refractivity contribution in [3.8, 4) is 5.75 Å². The first-order valence-corrected chi connectivity index (χ1v) is 12.8. The number of hydrogen-bond donors (Lipinski definition) is 2. The minimum atomic E-state index is -0.356. The first-order valence-electron chi connectivity index (χ1n) is 11.9. The lowest BCUT2D eigenvalue weighted by Gasteiger charge is -2.31. The molecule has 3 aromatic rings. The average Bonchev–Trinajstić information content (AvgIpc) is 3.56. The fourth-order valence-electron chi connectivity index (χ4n) is 4.19. The quantitative estimate of drug-likeness (QED) is 0.492. The maximum atomic E-state index is 13.1. The summed E-state index contributed by atoms with van der Waals surface area (Å²) in [5.41, 5.74) is 0.594. The fourth-order valence-corrected chi connectivity index (χ4v) is 5.19. The van der Waals surface area contributed by atoms with Crippen LogP contribution in [0.25, 0.3) is 10.3 Å². The molecule has 1 atom stereocenters. The molecule has 1 aliphatic heterocycles. The molecule has 1 aliphatic carbocycles. The molecular weight excluding hydrogens is 468 g/mol. The van der Waals surface area contributed by atoms with E-state index in [1.807, 2.05) is 13.0 Å². The maximum absolute atomic E-state index is 13.1. The number of nitrogens with one attached hydrogen (secondary N) is 2. The Morgan fingerprint density at radius 1 is 1.23 bits per heavy atom. The Morgan fingerprint density at radius 3 is 2.86 bits per heavy atom. The third-order valence-corrected chi connectivity index (χ3v) is 7.23. The molecule has 2 amide bonds. The molecule has 11 heteroatoms. The van der Waals surface area contributed by atoms with Crippen LogP contribution in [0.4, 0.5) is 10.8 Å². The average molecular weight is 497 g/mol. The fraction of sp³-hybridized carbons (Fsp3) is 0.458. The lowest BCUT2D eigenvalue weighted by molar-refractivity contribution is -0.125. The van der Waals surface area contributed by atoms with Gasteiger partial charge in [-0.1, -0.05) is 23.5 Å². The number of fused-ring (bicyclic) bond motifs is 1. The molecule has 1 saturated carbocycles. The van der Waals surface area contributed by atoms with E-state index in [9.17, 15) is 14.4 Å². The van der Waals surface area contributed by atoms with Crippen molar-refractivity contribution < 1.29 is 14.3 Å². The van der Waals surface area contributed by atoms with E-state index in [1.165, 1.54) is 22.2 Å². The summed E-state index contributed by atoms with van der Waals surface area (Å²) in [5, 5.41) is 6.57. The number of nitrogens with zero attached hydrogens (tertiary/aromatic N) is 4. The van der Waals surface area contributed by atoms with E-state index in [2.05, 4.69) is 25.5 Å². The van der Waals surface area contributed by atoms with E-state index in [4.69, 9.17) is 4.74 Å².